The third-order valence-electron chi connectivity index (χ3n) is 7.37. The number of amides is 1. The van der Waals surface area contributed by atoms with E-state index in [-0.39, 0.29) is 5.41 Å². The van der Waals surface area contributed by atoms with Gasteiger partial charge < -0.3 is 14.6 Å². The molecule has 0 aliphatic carbocycles. The number of nitrogens with zero attached hydrogens (tertiary/aromatic N) is 1. The first-order chi connectivity index (χ1) is 15.0. The molecule has 1 rings (SSSR count). The van der Waals surface area contributed by atoms with Crippen LogP contribution in [0.15, 0.2) is 0 Å². The van der Waals surface area contributed by atoms with Crippen molar-refractivity contribution in [2.24, 2.45) is 5.41 Å². The lowest BCUT2D eigenvalue weighted by Gasteiger charge is -2.51. The average Bonchev–Trinajstić information content (AvgIpc) is 3.02. The molecule has 2 atom stereocenters. The van der Waals surface area contributed by atoms with Crippen LogP contribution in [0.4, 0.5) is 4.79 Å². The van der Waals surface area contributed by atoms with Gasteiger partial charge in [-0.25, -0.2) is 4.79 Å². The van der Waals surface area contributed by atoms with E-state index in [1.54, 1.807) is 4.90 Å². The molecule has 0 bridgehead atoms. The Morgan fingerprint density at radius 1 is 0.938 bits per heavy atom. The van der Waals surface area contributed by atoms with Crippen molar-refractivity contribution in [1.82, 2.24) is 4.90 Å². The fourth-order valence-electron chi connectivity index (χ4n) is 5.26. The third kappa shape index (κ3) is 7.90. The Kier molecular flexibility index (Phi) is 12.6. The lowest BCUT2D eigenvalue weighted by molar-refractivity contribution is -0.0963. The lowest BCUT2D eigenvalue weighted by Crippen LogP contribution is -2.67. The zero-order chi connectivity index (χ0) is 24.3. The molecule has 1 aliphatic heterocycles. The quantitative estimate of drug-likeness (QED) is 0.261. The summed E-state index contributed by atoms with van der Waals surface area (Å²) in [6.45, 7) is 12.5. The molecule has 0 spiro atoms. The third-order valence-corrected chi connectivity index (χ3v) is 7.37. The van der Waals surface area contributed by atoms with Crippen molar-refractivity contribution in [2.45, 2.75) is 149 Å². The fourth-order valence-corrected chi connectivity index (χ4v) is 5.26. The van der Waals surface area contributed by atoms with Crippen molar-refractivity contribution in [1.29, 1.82) is 0 Å². The number of unbranched alkanes of at least 4 members (excludes halogenated alkanes) is 12. The molecule has 0 aromatic rings. The van der Waals surface area contributed by atoms with Crippen LogP contribution in [0.5, 0.6) is 0 Å². The van der Waals surface area contributed by atoms with E-state index < -0.39 is 23.5 Å². The second-order valence-electron chi connectivity index (χ2n) is 11.3. The van der Waals surface area contributed by atoms with Crippen molar-refractivity contribution >= 4 is 6.09 Å². The summed E-state index contributed by atoms with van der Waals surface area (Å²) in [6.07, 6.45) is 16.5. The van der Waals surface area contributed by atoms with Gasteiger partial charge in [0.1, 0.15) is 11.3 Å². The second-order valence-corrected chi connectivity index (χ2v) is 11.3. The molecule has 0 unspecified atom stereocenters. The molecule has 1 aliphatic rings. The molecule has 0 radical (unpaired) electrons. The highest BCUT2D eigenvalue weighted by molar-refractivity contribution is 5.70. The summed E-state index contributed by atoms with van der Waals surface area (Å²) in [5.74, 6) is 0. The molecule has 1 heterocycles. The summed E-state index contributed by atoms with van der Waals surface area (Å²) < 4.78 is 11.1. The van der Waals surface area contributed by atoms with Crippen LogP contribution in [0, 0.1) is 5.41 Å². The zero-order valence-electron chi connectivity index (χ0n) is 22.3. The second kappa shape index (κ2) is 13.8. The predicted molar refractivity (Wildman–Crippen MR) is 133 cm³/mol. The number of carbonyl (C=O) groups is 1. The molecule has 1 saturated heterocycles. The zero-order valence-corrected chi connectivity index (χ0v) is 22.3. The fraction of sp³-hybridized carbons (Fsp3) is 0.963. The van der Waals surface area contributed by atoms with Crippen LogP contribution in [0.25, 0.3) is 0 Å². The highest BCUT2D eigenvalue weighted by Gasteiger charge is 2.63. The van der Waals surface area contributed by atoms with E-state index >= 15 is 0 Å². The molecular formula is C27H53NO4. The summed E-state index contributed by atoms with van der Waals surface area (Å²) in [6, 6.07) is 0. The standard InChI is InChI=1S/C27H53NO4/c1-8-9-10-11-12-13-14-15-16-17-18-19-20-21-23(29)27(25(2,3)4)22-32-26(5,6)28(27)24(30)31-7/h23,29H,8-22H2,1-7H3/t23-,27+/m1/s1. The van der Waals surface area contributed by atoms with Crippen molar-refractivity contribution < 1.29 is 19.4 Å². The van der Waals surface area contributed by atoms with Gasteiger partial charge in [-0.3, -0.25) is 4.90 Å². The van der Waals surface area contributed by atoms with Crippen molar-refractivity contribution in [3.8, 4) is 0 Å². The van der Waals surface area contributed by atoms with Crippen LogP contribution in [0.2, 0.25) is 0 Å². The van der Waals surface area contributed by atoms with E-state index in [0.717, 1.165) is 12.8 Å². The van der Waals surface area contributed by atoms with E-state index in [2.05, 4.69) is 27.7 Å². The van der Waals surface area contributed by atoms with Crippen LogP contribution in [0.3, 0.4) is 0 Å². The van der Waals surface area contributed by atoms with Gasteiger partial charge in [0, 0.05) is 0 Å². The van der Waals surface area contributed by atoms with Gasteiger partial charge in [-0.05, 0) is 25.7 Å². The molecule has 0 aromatic heterocycles. The van der Waals surface area contributed by atoms with Crippen LogP contribution in [-0.4, -0.2) is 47.2 Å². The first-order valence-corrected chi connectivity index (χ1v) is 13.2. The number of ether oxygens (including phenoxy) is 2. The summed E-state index contributed by atoms with van der Waals surface area (Å²) >= 11 is 0. The van der Waals surface area contributed by atoms with Gasteiger partial charge in [-0.2, -0.15) is 0 Å². The molecule has 5 nitrogen and oxygen atoms in total. The van der Waals surface area contributed by atoms with Gasteiger partial charge in [0.25, 0.3) is 0 Å². The minimum absolute atomic E-state index is 0.318. The number of hydrogen-bond donors (Lipinski definition) is 1. The number of methoxy groups -OCH3 is 1. The van der Waals surface area contributed by atoms with Gasteiger partial charge >= 0.3 is 6.09 Å². The van der Waals surface area contributed by atoms with Gasteiger partial charge in [-0.1, -0.05) is 111 Å². The van der Waals surface area contributed by atoms with Crippen molar-refractivity contribution in [3.05, 3.63) is 0 Å². The van der Waals surface area contributed by atoms with Gasteiger partial charge in [0.2, 0.25) is 0 Å². The van der Waals surface area contributed by atoms with E-state index in [0.29, 0.717) is 13.0 Å². The number of carbonyl (C=O) groups excluding carboxylic acids is 1. The topological polar surface area (TPSA) is 59.0 Å². The normalized spacial score (nSPS) is 21.7. The highest BCUT2D eigenvalue weighted by Crippen LogP contribution is 2.49. The largest absolute Gasteiger partial charge is 0.453 e. The SMILES string of the molecule is CCCCCCCCCCCCCCC[C@@H](O)[C@]1(C(C)(C)C)COC(C)(C)N1C(=O)OC. The summed E-state index contributed by atoms with van der Waals surface area (Å²) in [5.41, 5.74) is -1.97. The van der Waals surface area contributed by atoms with Crippen LogP contribution < -0.4 is 0 Å². The minimum Gasteiger partial charge on any atom is -0.453 e. The molecule has 0 saturated carbocycles. The molecule has 190 valence electrons. The molecule has 1 amide bonds. The van der Waals surface area contributed by atoms with E-state index in [9.17, 15) is 9.90 Å². The first kappa shape index (κ1) is 29.2. The lowest BCUT2D eigenvalue weighted by atomic mass is 9.68. The van der Waals surface area contributed by atoms with Crippen molar-refractivity contribution in [3.63, 3.8) is 0 Å². The maximum absolute atomic E-state index is 12.7. The number of aliphatic hydroxyl groups excluding tert-OH is 1. The Morgan fingerprint density at radius 3 is 1.78 bits per heavy atom. The van der Waals surface area contributed by atoms with Crippen LogP contribution >= 0.6 is 0 Å². The Hall–Kier alpha value is -0.810. The Balaban J connectivity index is 2.40. The molecule has 1 N–H and O–H groups in total. The molecule has 32 heavy (non-hydrogen) atoms. The Bertz CT molecular complexity index is 528. The maximum Gasteiger partial charge on any atom is 0.412 e. The van der Waals surface area contributed by atoms with Crippen LogP contribution in [-0.2, 0) is 9.47 Å². The monoisotopic (exact) mass is 455 g/mol. The summed E-state index contributed by atoms with van der Waals surface area (Å²) in [5, 5.41) is 11.3. The molecule has 5 heteroatoms. The predicted octanol–water partition coefficient (Wildman–Crippen LogP) is 7.45. The number of rotatable bonds is 15. The minimum atomic E-state index is -0.808. The molecule has 1 fully saturated rings. The van der Waals surface area contributed by atoms with E-state index in [1.165, 1.54) is 77.7 Å². The van der Waals surface area contributed by atoms with Crippen LogP contribution in [0.1, 0.15) is 131 Å². The van der Waals surface area contributed by atoms with E-state index in [4.69, 9.17) is 9.47 Å². The molecular weight excluding hydrogens is 402 g/mol. The van der Waals surface area contributed by atoms with Gasteiger partial charge in [0.05, 0.1) is 19.8 Å². The summed E-state index contributed by atoms with van der Waals surface area (Å²) in [7, 11) is 1.39. The van der Waals surface area contributed by atoms with Crippen molar-refractivity contribution in [2.75, 3.05) is 13.7 Å². The number of hydrogen-bond acceptors (Lipinski definition) is 4. The van der Waals surface area contributed by atoms with Gasteiger partial charge in [-0.15, -0.1) is 0 Å². The average molecular weight is 456 g/mol. The first-order valence-electron chi connectivity index (χ1n) is 13.2. The van der Waals surface area contributed by atoms with E-state index in [1.807, 2.05) is 13.8 Å². The maximum atomic E-state index is 12.7. The molecule has 0 aromatic carbocycles. The smallest absolute Gasteiger partial charge is 0.412 e. The Labute approximate surface area is 198 Å². The Morgan fingerprint density at radius 2 is 1.38 bits per heavy atom. The van der Waals surface area contributed by atoms with Gasteiger partial charge in [0.15, 0.2) is 0 Å². The summed E-state index contributed by atoms with van der Waals surface area (Å²) in [4.78, 5) is 14.3. The number of aliphatic hydroxyl groups is 1. The highest BCUT2D eigenvalue weighted by atomic mass is 16.6.